The number of benzene rings is 2. The van der Waals surface area contributed by atoms with Crippen LogP contribution in [0.5, 0.6) is 11.5 Å². The summed E-state index contributed by atoms with van der Waals surface area (Å²) in [7, 11) is 3.24. The van der Waals surface area contributed by atoms with Gasteiger partial charge >= 0.3 is 0 Å². The molecule has 2 aromatic carbocycles. The average molecular weight is 430 g/mol. The fourth-order valence-electron chi connectivity index (χ4n) is 2.86. The van der Waals surface area contributed by atoms with E-state index in [1.807, 2.05) is 36.4 Å². The SMILES string of the molecule is C#Cc1cccc(NC2=NCN(Cl)c3cc(OCCOC)c(OCCOC)cc32)c1. The second-order valence-corrected chi connectivity index (χ2v) is 6.77. The van der Waals surface area contributed by atoms with Crippen molar-refractivity contribution in [2.45, 2.75) is 0 Å². The molecular weight excluding hydrogens is 406 g/mol. The van der Waals surface area contributed by atoms with Gasteiger partial charge in [0.05, 0.1) is 18.9 Å². The summed E-state index contributed by atoms with van der Waals surface area (Å²) < 4.78 is 23.4. The Hall–Kier alpha value is -2.92. The van der Waals surface area contributed by atoms with Gasteiger partial charge in [-0.2, -0.15) is 0 Å². The molecular formula is C22H24ClN3O4. The molecule has 8 heteroatoms. The first-order valence-corrected chi connectivity index (χ1v) is 9.73. The third kappa shape index (κ3) is 5.36. The highest BCUT2D eigenvalue weighted by Gasteiger charge is 2.23. The van der Waals surface area contributed by atoms with Crippen molar-refractivity contribution in [1.29, 1.82) is 0 Å². The predicted molar refractivity (Wildman–Crippen MR) is 119 cm³/mol. The molecule has 158 valence electrons. The molecule has 0 unspecified atom stereocenters. The summed E-state index contributed by atoms with van der Waals surface area (Å²) in [5.41, 5.74) is 3.16. The summed E-state index contributed by atoms with van der Waals surface area (Å²) in [6.45, 7) is 1.96. The number of methoxy groups -OCH3 is 2. The summed E-state index contributed by atoms with van der Waals surface area (Å²) in [6, 6.07) is 11.3. The lowest BCUT2D eigenvalue weighted by molar-refractivity contribution is 0.132. The van der Waals surface area contributed by atoms with Crippen LogP contribution in [0.1, 0.15) is 11.1 Å². The van der Waals surface area contributed by atoms with Crippen molar-refractivity contribution in [3.05, 3.63) is 47.5 Å². The van der Waals surface area contributed by atoms with Crippen molar-refractivity contribution in [3.63, 3.8) is 0 Å². The maximum atomic E-state index is 6.41. The van der Waals surface area contributed by atoms with E-state index in [1.54, 1.807) is 14.2 Å². The third-order valence-corrected chi connectivity index (χ3v) is 4.60. The molecule has 0 radical (unpaired) electrons. The van der Waals surface area contributed by atoms with Crippen molar-refractivity contribution in [2.75, 3.05) is 57.1 Å². The molecule has 0 saturated heterocycles. The molecule has 2 aromatic rings. The van der Waals surface area contributed by atoms with E-state index in [2.05, 4.69) is 16.2 Å². The molecule has 0 amide bonds. The first kappa shape index (κ1) is 21.8. The molecule has 0 spiro atoms. The number of terminal acetylenes is 1. The van der Waals surface area contributed by atoms with Gasteiger partial charge in [-0.1, -0.05) is 12.0 Å². The molecule has 0 atom stereocenters. The number of rotatable bonds is 9. The summed E-state index contributed by atoms with van der Waals surface area (Å²) in [5.74, 6) is 4.44. The molecule has 30 heavy (non-hydrogen) atoms. The van der Waals surface area contributed by atoms with Crippen LogP contribution in [-0.2, 0) is 9.47 Å². The van der Waals surface area contributed by atoms with Gasteiger partial charge in [-0.05, 0) is 24.3 Å². The largest absolute Gasteiger partial charge is 0.487 e. The van der Waals surface area contributed by atoms with E-state index in [9.17, 15) is 0 Å². The minimum absolute atomic E-state index is 0.285. The number of hydrogen-bond donors (Lipinski definition) is 1. The van der Waals surface area contributed by atoms with Crippen LogP contribution in [0.3, 0.4) is 0 Å². The Morgan fingerprint density at radius 1 is 1.07 bits per heavy atom. The van der Waals surface area contributed by atoms with Crippen LogP contribution in [0.15, 0.2) is 41.4 Å². The van der Waals surface area contributed by atoms with Gasteiger partial charge in [-0.15, -0.1) is 6.42 Å². The molecule has 0 fully saturated rings. The number of nitrogens with one attached hydrogen (secondary N) is 1. The summed E-state index contributed by atoms with van der Waals surface area (Å²) in [4.78, 5) is 4.55. The standard InChI is InChI=1S/C22H24ClN3O4/c1-4-16-6-5-7-17(12-16)25-22-18-13-20(29-10-8-27-2)21(30-11-9-28-3)14-19(18)26(23)15-24-22/h1,5-7,12-14H,8-11,15H2,2-3H3,(H,24,25). The Balaban J connectivity index is 1.93. The van der Waals surface area contributed by atoms with E-state index in [4.69, 9.17) is 37.1 Å². The number of fused-ring (bicyclic) bond motifs is 1. The summed E-state index contributed by atoms with van der Waals surface area (Å²) >= 11 is 6.41. The molecule has 0 aliphatic carbocycles. The smallest absolute Gasteiger partial charge is 0.163 e. The van der Waals surface area contributed by atoms with E-state index >= 15 is 0 Å². The van der Waals surface area contributed by atoms with Crippen molar-refractivity contribution >= 4 is 29.0 Å². The normalized spacial score (nSPS) is 12.6. The number of aliphatic imine (C=N–C) groups is 1. The van der Waals surface area contributed by atoms with Crippen LogP contribution in [0.2, 0.25) is 0 Å². The zero-order chi connectivity index (χ0) is 21.3. The van der Waals surface area contributed by atoms with Crippen LogP contribution in [0, 0.1) is 12.3 Å². The van der Waals surface area contributed by atoms with Crippen LogP contribution < -0.4 is 19.2 Å². The Morgan fingerprint density at radius 3 is 2.43 bits per heavy atom. The van der Waals surface area contributed by atoms with Crippen molar-refractivity contribution in [2.24, 2.45) is 4.99 Å². The number of halogens is 1. The van der Waals surface area contributed by atoms with Crippen LogP contribution in [0.25, 0.3) is 0 Å². The third-order valence-electron chi connectivity index (χ3n) is 4.31. The van der Waals surface area contributed by atoms with Gasteiger partial charge in [0.25, 0.3) is 0 Å². The summed E-state index contributed by atoms with van der Waals surface area (Å²) in [6.07, 6.45) is 5.51. The highest BCUT2D eigenvalue weighted by Crippen LogP contribution is 2.38. The second-order valence-electron chi connectivity index (χ2n) is 6.36. The molecule has 3 rings (SSSR count). The first-order valence-electron chi connectivity index (χ1n) is 9.39. The monoisotopic (exact) mass is 429 g/mol. The van der Waals surface area contributed by atoms with Crippen LogP contribution in [0.4, 0.5) is 11.4 Å². The molecule has 1 aliphatic rings. The maximum Gasteiger partial charge on any atom is 0.163 e. The average Bonchev–Trinajstić information content (AvgIpc) is 2.76. The predicted octanol–water partition coefficient (Wildman–Crippen LogP) is 3.51. The molecule has 0 aromatic heterocycles. The Bertz CT molecular complexity index is 942. The number of ether oxygens (including phenoxy) is 4. The molecule has 1 heterocycles. The number of nitrogens with zero attached hydrogens (tertiary/aromatic N) is 2. The van der Waals surface area contributed by atoms with Gasteiger partial charge in [-0.25, -0.2) is 4.99 Å². The Labute approximate surface area is 181 Å². The number of anilines is 2. The van der Waals surface area contributed by atoms with Crippen molar-refractivity contribution in [3.8, 4) is 23.8 Å². The molecule has 1 N–H and O–H groups in total. The lowest BCUT2D eigenvalue weighted by Gasteiger charge is -2.26. The van der Waals surface area contributed by atoms with Crippen molar-refractivity contribution < 1.29 is 18.9 Å². The van der Waals surface area contributed by atoms with E-state index in [0.717, 1.165) is 22.5 Å². The number of hydrogen-bond acceptors (Lipinski definition) is 7. The fourth-order valence-corrected chi connectivity index (χ4v) is 3.05. The van der Waals surface area contributed by atoms with Gasteiger partial charge in [0.1, 0.15) is 25.7 Å². The maximum absolute atomic E-state index is 6.41. The second kappa shape index (κ2) is 10.7. The Morgan fingerprint density at radius 2 is 1.77 bits per heavy atom. The lowest BCUT2D eigenvalue weighted by atomic mass is 10.1. The van der Waals surface area contributed by atoms with Crippen LogP contribution in [-0.4, -0.2) is 53.2 Å². The lowest BCUT2D eigenvalue weighted by Crippen LogP contribution is -2.26. The quantitative estimate of drug-likeness (QED) is 0.374. The molecule has 0 bridgehead atoms. The molecule has 1 aliphatic heterocycles. The molecule has 0 saturated carbocycles. The van der Waals surface area contributed by atoms with Gasteiger partial charge < -0.3 is 24.3 Å². The Kier molecular flexibility index (Phi) is 7.80. The van der Waals surface area contributed by atoms with Crippen LogP contribution >= 0.6 is 11.8 Å². The number of amidine groups is 1. The first-order chi connectivity index (χ1) is 14.7. The van der Waals surface area contributed by atoms with E-state index in [0.29, 0.717) is 43.8 Å². The van der Waals surface area contributed by atoms with Gasteiger partial charge in [0.2, 0.25) is 0 Å². The highest BCUT2D eigenvalue weighted by atomic mass is 35.5. The van der Waals surface area contributed by atoms with E-state index < -0.39 is 0 Å². The van der Waals surface area contributed by atoms with Gasteiger partial charge in [-0.3, -0.25) is 4.42 Å². The zero-order valence-electron chi connectivity index (χ0n) is 17.0. The molecule has 7 nitrogen and oxygen atoms in total. The van der Waals surface area contributed by atoms with Gasteiger partial charge in [0, 0.05) is 48.9 Å². The fraction of sp³-hybridized carbons (Fsp3) is 0.318. The zero-order valence-corrected chi connectivity index (χ0v) is 17.7. The highest BCUT2D eigenvalue weighted by molar-refractivity contribution is 6.28. The van der Waals surface area contributed by atoms with Crippen molar-refractivity contribution in [1.82, 2.24) is 0 Å². The van der Waals surface area contributed by atoms with E-state index in [1.165, 1.54) is 4.42 Å². The summed E-state index contributed by atoms with van der Waals surface area (Å²) in [5, 5.41) is 3.33. The minimum Gasteiger partial charge on any atom is -0.487 e. The van der Waals surface area contributed by atoms with Gasteiger partial charge in [0.15, 0.2) is 11.5 Å². The topological polar surface area (TPSA) is 64.6 Å². The van der Waals surface area contributed by atoms with E-state index in [-0.39, 0.29) is 6.67 Å². The minimum atomic E-state index is 0.285.